The molecule has 0 spiro atoms. The van der Waals surface area contributed by atoms with Crippen molar-refractivity contribution in [1.29, 1.82) is 0 Å². The van der Waals surface area contributed by atoms with Crippen molar-refractivity contribution in [3.05, 3.63) is 34.9 Å². The molecule has 1 aromatic carbocycles. The highest BCUT2D eigenvalue weighted by Crippen LogP contribution is 2.27. The van der Waals surface area contributed by atoms with Crippen LogP contribution in [0.2, 0.25) is 5.02 Å². The highest BCUT2D eigenvalue weighted by molar-refractivity contribution is 6.31. The molecule has 1 N–H and O–H groups in total. The third kappa shape index (κ3) is 3.25. The minimum atomic E-state index is -0.457. The standard InChI is InChI=1S/C15H22ClNO/c1-11-9-12(2)17(10-11)8-7-15(18)13-5-3-4-6-14(13)16/h3-6,11-12,15,18H,7-10H2,1-2H3. The van der Waals surface area contributed by atoms with Gasteiger partial charge in [0.25, 0.3) is 0 Å². The zero-order valence-electron chi connectivity index (χ0n) is 11.1. The summed E-state index contributed by atoms with van der Waals surface area (Å²) in [4.78, 5) is 2.46. The Kier molecular flexibility index (Phi) is 4.66. The zero-order chi connectivity index (χ0) is 13.1. The van der Waals surface area contributed by atoms with E-state index in [9.17, 15) is 5.11 Å². The van der Waals surface area contributed by atoms with E-state index in [-0.39, 0.29) is 0 Å². The molecule has 2 rings (SSSR count). The summed E-state index contributed by atoms with van der Waals surface area (Å²) < 4.78 is 0. The molecule has 0 radical (unpaired) electrons. The van der Waals surface area contributed by atoms with Crippen molar-refractivity contribution in [3.8, 4) is 0 Å². The second-order valence-corrected chi connectivity index (χ2v) is 5.92. The molecular formula is C15H22ClNO. The molecule has 0 amide bonds. The third-order valence-corrected chi connectivity index (χ3v) is 4.21. The number of benzene rings is 1. The van der Waals surface area contributed by atoms with Crippen molar-refractivity contribution in [2.24, 2.45) is 5.92 Å². The summed E-state index contributed by atoms with van der Waals surface area (Å²) in [6.07, 6.45) is 1.56. The van der Waals surface area contributed by atoms with E-state index < -0.39 is 6.10 Å². The van der Waals surface area contributed by atoms with Crippen LogP contribution in [0.3, 0.4) is 0 Å². The number of likely N-dealkylation sites (tertiary alicyclic amines) is 1. The van der Waals surface area contributed by atoms with Gasteiger partial charge in [0.15, 0.2) is 0 Å². The number of nitrogens with zero attached hydrogens (tertiary/aromatic N) is 1. The number of hydrogen-bond acceptors (Lipinski definition) is 2. The summed E-state index contributed by atoms with van der Waals surface area (Å²) in [6.45, 7) is 6.65. The van der Waals surface area contributed by atoms with Gasteiger partial charge in [-0.25, -0.2) is 0 Å². The molecule has 18 heavy (non-hydrogen) atoms. The fraction of sp³-hybridized carbons (Fsp3) is 0.600. The second-order valence-electron chi connectivity index (χ2n) is 5.51. The first-order chi connectivity index (χ1) is 8.58. The molecule has 0 bridgehead atoms. The number of hydrogen-bond donors (Lipinski definition) is 1. The van der Waals surface area contributed by atoms with Gasteiger partial charge in [-0.3, -0.25) is 0 Å². The highest BCUT2D eigenvalue weighted by atomic mass is 35.5. The summed E-state index contributed by atoms with van der Waals surface area (Å²) in [5, 5.41) is 10.9. The van der Waals surface area contributed by atoms with Crippen molar-refractivity contribution in [1.82, 2.24) is 4.90 Å². The molecule has 0 aromatic heterocycles. The Hall–Kier alpha value is -0.570. The lowest BCUT2D eigenvalue weighted by Crippen LogP contribution is -2.29. The highest BCUT2D eigenvalue weighted by Gasteiger charge is 2.26. The van der Waals surface area contributed by atoms with Gasteiger partial charge in [0.05, 0.1) is 6.10 Å². The van der Waals surface area contributed by atoms with Gasteiger partial charge in [0.1, 0.15) is 0 Å². The summed E-state index contributed by atoms with van der Waals surface area (Å²) in [6, 6.07) is 8.19. The predicted octanol–water partition coefficient (Wildman–Crippen LogP) is 3.49. The molecule has 1 heterocycles. The molecule has 3 atom stereocenters. The van der Waals surface area contributed by atoms with Crippen LogP contribution in [0, 0.1) is 5.92 Å². The van der Waals surface area contributed by atoms with Crippen LogP contribution in [0.15, 0.2) is 24.3 Å². The Balaban J connectivity index is 1.89. The number of aliphatic hydroxyl groups excluding tert-OH is 1. The second kappa shape index (κ2) is 6.05. The van der Waals surface area contributed by atoms with Gasteiger partial charge in [-0.2, -0.15) is 0 Å². The smallest absolute Gasteiger partial charge is 0.0816 e. The lowest BCUT2D eigenvalue weighted by atomic mass is 10.1. The quantitative estimate of drug-likeness (QED) is 0.903. The SMILES string of the molecule is CC1CC(C)N(CCC(O)c2ccccc2Cl)C1. The van der Waals surface area contributed by atoms with Crippen LogP contribution in [0.4, 0.5) is 0 Å². The van der Waals surface area contributed by atoms with Crippen LogP contribution in [0.5, 0.6) is 0 Å². The average molecular weight is 268 g/mol. The van der Waals surface area contributed by atoms with Crippen LogP contribution in [0.1, 0.15) is 38.4 Å². The Morgan fingerprint density at radius 2 is 2.11 bits per heavy atom. The fourth-order valence-corrected chi connectivity index (χ4v) is 3.15. The van der Waals surface area contributed by atoms with Gasteiger partial charge in [-0.1, -0.05) is 36.7 Å². The van der Waals surface area contributed by atoms with Crippen LogP contribution >= 0.6 is 11.6 Å². The minimum Gasteiger partial charge on any atom is -0.388 e. The van der Waals surface area contributed by atoms with Crippen LogP contribution in [-0.2, 0) is 0 Å². The average Bonchev–Trinajstić information content (AvgIpc) is 2.65. The molecule has 3 heteroatoms. The third-order valence-electron chi connectivity index (χ3n) is 3.87. The van der Waals surface area contributed by atoms with Crippen LogP contribution in [0.25, 0.3) is 0 Å². The largest absolute Gasteiger partial charge is 0.388 e. The van der Waals surface area contributed by atoms with E-state index in [0.717, 1.165) is 31.0 Å². The maximum absolute atomic E-state index is 10.2. The fourth-order valence-electron chi connectivity index (χ4n) is 2.89. The lowest BCUT2D eigenvalue weighted by Gasteiger charge is -2.23. The van der Waals surface area contributed by atoms with Crippen molar-refractivity contribution in [2.75, 3.05) is 13.1 Å². The number of halogens is 1. The molecule has 0 saturated carbocycles. The van der Waals surface area contributed by atoms with Gasteiger partial charge < -0.3 is 10.0 Å². The van der Waals surface area contributed by atoms with E-state index in [1.165, 1.54) is 6.42 Å². The first-order valence-electron chi connectivity index (χ1n) is 6.74. The van der Waals surface area contributed by atoms with Crippen molar-refractivity contribution in [3.63, 3.8) is 0 Å². The normalized spacial score (nSPS) is 26.4. The summed E-state index contributed by atoms with van der Waals surface area (Å²) in [7, 11) is 0. The minimum absolute atomic E-state index is 0.457. The molecule has 2 nitrogen and oxygen atoms in total. The van der Waals surface area contributed by atoms with Gasteiger partial charge in [0.2, 0.25) is 0 Å². The molecule has 3 unspecified atom stereocenters. The van der Waals surface area contributed by atoms with Crippen molar-refractivity contribution >= 4 is 11.6 Å². The van der Waals surface area contributed by atoms with Crippen LogP contribution < -0.4 is 0 Å². The van der Waals surface area contributed by atoms with E-state index in [1.54, 1.807) is 0 Å². The maximum atomic E-state index is 10.2. The van der Waals surface area contributed by atoms with E-state index in [2.05, 4.69) is 18.7 Å². The molecule has 1 aromatic rings. The van der Waals surface area contributed by atoms with Gasteiger partial charge >= 0.3 is 0 Å². The van der Waals surface area contributed by atoms with E-state index in [0.29, 0.717) is 11.1 Å². The Morgan fingerprint density at radius 3 is 2.72 bits per heavy atom. The molecule has 1 fully saturated rings. The topological polar surface area (TPSA) is 23.5 Å². The van der Waals surface area contributed by atoms with Crippen molar-refractivity contribution < 1.29 is 5.11 Å². The Labute approximate surface area is 115 Å². The Bertz CT molecular complexity index is 396. The molecular weight excluding hydrogens is 246 g/mol. The summed E-state index contributed by atoms with van der Waals surface area (Å²) in [5.74, 6) is 0.775. The molecule has 0 aliphatic carbocycles. The van der Waals surface area contributed by atoms with E-state index >= 15 is 0 Å². The van der Waals surface area contributed by atoms with Crippen LogP contribution in [-0.4, -0.2) is 29.1 Å². The van der Waals surface area contributed by atoms with Crippen molar-refractivity contribution in [2.45, 2.75) is 38.8 Å². The maximum Gasteiger partial charge on any atom is 0.0816 e. The van der Waals surface area contributed by atoms with E-state index in [4.69, 9.17) is 11.6 Å². The molecule has 1 saturated heterocycles. The van der Waals surface area contributed by atoms with Gasteiger partial charge in [0, 0.05) is 24.2 Å². The van der Waals surface area contributed by atoms with Gasteiger partial charge in [-0.15, -0.1) is 0 Å². The number of aliphatic hydroxyl groups is 1. The zero-order valence-corrected chi connectivity index (χ0v) is 11.9. The number of rotatable bonds is 4. The lowest BCUT2D eigenvalue weighted by molar-refractivity contribution is 0.139. The summed E-state index contributed by atoms with van der Waals surface area (Å²) in [5.41, 5.74) is 0.846. The predicted molar refractivity (Wildman–Crippen MR) is 75.8 cm³/mol. The first-order valence-corrected chi connectivity index (χ1v) is 7.12. The molecule has 1 aliphatic rings. The summed E-state index contributed by atoms with van der Waals surface area (Å²) >= 11 is 6.09. The molecule has 100 valence electrons. The van der Waals surface area contributed by atoms with Gasteiger partial charge in [-0.05, 0) is 37.3 Å². The first kappa shape index (κ1) is 13.9. The Morgan fingerprint density at radius 1 is 1.39 bits per heavy atom. The van der Waals surface area contributed by atoms with E-state index in [1.807, 2.05) is 24.3 Å². The molecule has 1 aliphatic heterocycles. The monoisotopic (exact) mass is 267 g/mol.